The number of benzene rings is 2. The first kappa shape index (κ1) is 16.5. The molecule has 126 valence electrons. The Bertz CT molecular complexity index is 884. The van der Waals surface area contributed by atoms with Crippen LogP contribution >= 0.6 is 0 Å². The average Bonchev–Trinajstić information content (AvgIpc) is 2.50. The first-order chi connectivity index (χ1) is 11.1. The molecule has 0 bridgehead atoms. The first-order valence-electron chi connectivity index (χ1n) is 6.11. The molecule has 0 fully saturated rings. The van der Waals surface area contributed by atoms with E-state index in [1.54, 1.807) is 0 Å². The second-order valence-corrected chi connectivity index (χ2v) is 4.61. The molecule has 2 rings (SSSR count). The molecule has 0 unspecified atom stereocenters. The number of aromatic carboxylic acids is 2. The van der Waals surface area contributed by atoms with E-state index < -0.39 is 68.7 Å². The van der Waals surface area contributed by atoms with Crippen molar-refractivity contribution in [2.24, 2.45) is 0 Å². The minimum atomic E-state index is -1.93. The standard InChI is InChI=1S/C14H10O10/c15-4-2-1-3(8(16)9(4)17)5-6(13(21)22)7(14(23)24)11(19)12(20)10(5)18/h1-2,15-20H,(H,21,22)(H,23,24). The highest BCUT2D eigenvalue weighted by atomic mass is 16.4. The Morgan fingerprint density at radius 1 is 0.625 bits per heavy atom. The molecule has 0 heterocycles. The van der Waals surface area contributed by atoms with E-state index in [4.69, 9.17) is 5.11 Å². The Balaban J connectivity index is 3.07. The molecule has 0 saturated heterocycles. The monoisotopic (exact) mass is 338 g/mol. The van der Waals surface area contributed by atoms with Crippen LogP contribution in [-0.4, -0.2) is 52.8 Å². The zero-order valence-corrected chi connectivity index (χ0v) is 11.5. The SMILES string of the molecule is O=C(O)c1c(O)c(O)c(O)c(-c2ccc(O)c(O)c2O)c1C(=O)O. The number of rotatable bonds is 3. The average molecular weight is 338 g/mol. The van der Waals surface area contributed by atoms with Crippen molar-refractivity contribution in [2.45, 2.75) is 0 Å². The molecule has 0 aliphatic rings. The number of aromatic hydroxyl groups is 6. The quantitative estimate of drug-likeness (QED) is 0.373. The summed E-state index contributed by atoms with van der Waals surface area (Å²) < 4.78 is 0. The molecule has 2 aromatic carbocycles. The molecule has 0 aliphatic carbocycles. The first-order valence-corrected chi connectivity index (χ1v) is 6.11. The molecule has 24 heavy (non-hydrogen) atoms. The van der Waals surface area contributed by atoms with E-state index in [2.05, 4.69) is 0 Å². The second-order valence-electron chi connectivity index (χ2n) is 4.61. The van der Waals surface area contributed by atoms with E-state index in [0.29, 0.717) is 0 Å². The summed E-state index contributed by atoms with van der Waals surface area (Å²) in [5.74, 6) is -10.7. The van der Waals surface area contributed by atoms with Gasteiger partial charge in [-0.15, -0.1) is 0 Å². The summed E-state index contributed by atoms with van der Waals surface area (Å²) in [6, 6.07) is 1.70. The Labute approximate surface area is 132 Å². The summed E-state index contributed by atoms with van der Waals surface area (Å²) in [5, 5.41) is 76.2. The van der Waals surface area contributed by atoms with E-state index in [9.17, 15) is 45.3 Å². The van der Waals surface area contributed by atoms with Gasteiger partial charge in [0.1, 0.15) is 5.56 Å². The Kier molecular flexibility index (Phi) is 3.74. The van der Waals surface area contributed by atoms with Gasteiger partial charge in [0.15, 0.2) is 23.0 Å². The summed E-state index contributed by atoms with van der Waals surface area (Å²) in [7, 11) is 0. The lowest BCUT2D eigenvalue weighted by Crippen LogP contribution is -2.11. The lowest BCUT2D eigenvalue weighted by atomic mass is 9.92. The van der Waals surface area contributed by atoms with E-state index >= 15 is 0 Å². The third kappa shape index (κ3) is 2.22. The largest absolute Gasteiger partial charge is 0.504 e. The van der Waals surface area contributed by atoms with Crippen molar-refractivity contribution >= 4 is 11.9 Å². The van der Waals surface area contributed by atoms with Crippen LogP contribution in [-0.2, 0) is 0 Å². The minimum Gasteiger partial charge on any atom is -0.504 e. The van der Waals surface area contributed by atoms with Gasteiger partial charge < -0.3 is 40.9 Å². The highest BCUT2D eigenvalue weighted by Crippen LogP contribution is 2.52. The van der Waals surface area contributed by atoms with Crippen LogP contribution < -0.4 is 0 Å². The van der Waals surface area contributed by atoms with Crippen LogP contribution in [0.15, 0.2) is 12.1 Å². The second kappa shape index (κ2) is 5.43. The smallest absolute Gasteiger partial charge is 0.340 e. The van der Waals surface area contributed by atoms with Crippen molar-refractivity contribution in [2.75, 3.05) is 0 Å². The van der Waals surface area contributed by atoms with Crippen LogP contribution in [0.25, 0.3) is 11.1 Å². The predicted molar refractivity (Wildman–Crippen MR) is 75.8 cm³/mol. The molecule has 2 aromatic rings. The Morgan fingerprint density at radius 2 is 1.17 bits per heavy atom. The van der Waals surface area contributed by atoms with Gasteiger partial charge in [0, 0.05) is 11.1 Å². The lowest BCUT2D eigenvalue weighted by molar-refractivity contribution is 0.0648. The zero-order chi connectivity index (χ0) is 18.3. The van der Waals surface area contributed by atoms with Crippen molar-refractivity contribution in [1.82, 2.24) is 0 Å². The Morgan fingerprint density at radius 3 is 1.67 bits per heavy atom. The van der Waals surface area contributed by atoms with Crippen LogP contribution in [0, 0.1) is 0 Å². The molecule has 8 N–H and O–H groups in total. The summed E-state index contributed by atoms with van der Waals surface area (Å²) in [6.07, 6.45) is 0. The molecule has 0 radical (unpaired) electrons. The van der Waals surface area contributed by atoms with Crippen LogP contribution in [0.3, 0.4) is 0 Å². The van der Waals surface area contributed by atoms with E-state index in [0.717, 1.165) is 12.1 Å². The van der Waals surface area contributed by atoms with Crippen molar-refractivity contribution in [3.05, 3.63) is 23.3 Å². The normalized spacial score (nSPS) is 10.5. The maximum absolute atomic E-state index is 11.4. The summed E-state index contributed by atoms with van der Waals surface area (Å²) >= 11 is 0. The topological polar surface area (TPSA) is 196 Å². The Hall–Kier alpha value is -3.82. The van der Waals surface area contributed by atoms with Crippen molar-refractivity contribution < 1.29 is 50.4 Å². The van der Waals surface area contributed by atoms with E-state index in [1.165, 1.54) is 0 Å². The molecular weight excluding hydrogens is 328 g/mol. The molecule has 0 aliphatic heterocycles. The van der Waals surface area contributed by atoms with Gasteiger partial charge in [0.25, 0.3) is 0 Å². The molecule has 0 atom stereocenters. The van der Waals surface area contributed by atoms with Gasteiger partial charge >= 0.3 is 11.9 Å². The molecule has 0 saturated carbocycles. The van der Waals surface area contributed by atoms with Crippen LogP contribution in [0.2, 0.25) is 0 Å². The molecule has 0 amide bonds. The van der Waals surface area contributed by atoms with Gasteiger partial charge in [-0.1, -0.05) is 0 Å². The number of hydrogen-bond acceptors (Lipinski definition) is 8. The van der Waals surface area contributed by atoms with Gasteiger partial charge in [-0.2, -0.15) is 0 Å². The fraction of sp³-hybridized carbons (Fsp3) is 0. The van der Waals surface area contributed by atoms with E-state index in [-0.39, 0.29) is 0 Å². The van der Waals surface area contributed by atoms with Crippen molar-refractivity contribution in [1.29, 1.82) is 0 Å². The van der Waals surface area contributed by atoms with Gasteiger partial charge in [-0.3, -0.25) is 0 Å². The van der Waals surface area contributed by atoms with Gasteiger partial charge in [-0.05, 0) is 12.1 Å². The lowest BCUT2D eigenvalue weighted by Gasteiger charge is -2.16. The van der Waals surface area contributed by atoms with Crippen molar-refractivity contribution in [3.63, 3.8) is 0 Å². The van der Waals surface area contributed by atoms with Crippen LogP contribution in [0.5, 0.6) is 34.5 Å². The van der Waals surface area contributed by atoms with Gasteiger partial charge in [-0.25, -0.2) is 9.59 Å². The van der Waals surface area contributed by atoms with Crippen LogP contribution in [0.4, 0.5) is 0 Å². The fourth-order valence-electron chi connectivity index (χ4n) is 2.17. The number of carboxylic acid groups (broad SMARTS) is 2. The summed E-state index contributed by atoms with van der Waals surface area (Å²) in [4.78, 5) is 22.7. The van der Waals surface area contributed by atoms with Gasteiger partial charge in [0.05, 0.1) is 5.56 Å². The number of carboxylic acids is 2. The summed E-state index contributed by atoms with van der Waals surface area (Å²) in [6.45, 7) is 0. The maximum atomic E-state index is 11.4. The third-order valence-corrected chi connectivity index (χ3v) is 3.25. The predicted octanol–water partition coefficient (Wildman–Crippen LogP) is 0.984. The summed E-state index contributed by atoms with van der Waals surface area (Å²) in [5.41, 5.74) is -3.85. The highest BCUT2D eigenvalue weighted by molar-refractivity contribution is 6.11. The fourth-order valence-corrected chi connectivity index (χ4v) is 2.17. The van der Waals surface area contributed by atoms with Gasteiger partial charge in [0.2, 0.25) is 11.5 Å². The zero-order valence-electron chi connectivity index (χ0n) is 11.5. The molecule has 0 spiro atoms. The highest BCUT2D eigenvalue weighted by Gasteiger charge is 2.33. The minimum absolute atomic E-state index is 0.599. The maximum Gasteiger partial charge on any atom is 0.340 e. The number of phenols is 6. The number of hydrogen-bond donors (Lipinski definition) is 8. The molecule has 10 heteroatoms. The van der Waals surface area contributed by atoms with Crippen LogP contribution in [0.1, 0.15) is 20.7 Å². The molecular formula is C14H10O10. The van der Waals surface area contributed by atoms with E-state index in [1.807, 2.05) is 0 Å². The number of phenolic OH excluding ortho intramolecular Hbond substituents is 5. The molecule has 10 nitrogen and oxygen atoms in total. The van der Waals surface area contributed by atoms with Crippen molar-refractivity contribution in [3.8, 4) is 45.6 Å². The molecule has 0 aromatic heterocycles. The third-order valence-electron chi connectivity index (χ3n) is 3.25. The number of carbonyl (C=O) groups is 2.